The first-order valence-corrected chi connectivity index (χ1v) is 8.66. The Balaban J connectivity index is 1.86. The number of carbonyl (C=O) groups is 1. The molecule has 2 heterocycles. The molecule has 0 aliphatic carbocycles. The fourth-order valence-corrected chi connectivity index (χ4v) is 3.03. The van der Waals surface area contributed by atoms with Gasteiger partial charge in [0.25, 0.3) is 5.91 Å². The minimum Gasteiger partial charge on any atom is -0.381 e. The van der Waals surface area contributed by atoms with Gasteiger partial charge in [-0.2, -0.15) is 0 Å². The third-order valence-electron chi connectivity index (χ3n) is 4.07. The van der Waals surface area contributed by atoms with Gasteiger partial charge in [0.2, 0.25) is 0 Å². The molecule has 24 heavy (non-hydrogen) atoms. The molecule has 1 N–H and O–H groups in total. The van der Waals surface area contributed by atoms with Crippen LogP contribution >= 0.6 is 11.6 Å². The van der Waals surface area contributed by atoms with Crippen LogP contribution in [0.1, 0.15) is 42.4 Å². The largest absolute Gasteiger partial charge is 0.381 e. The van der Waals surface area contributed by atoms with Crippen LogP contribution in [0.5, 0.6) is 0 Å². The van der Waals surface area contributed by atoms with Crippen LogP contribution in [0.15, 0.2) is 24.3 Å². The van der Waals surface area contributed by atoms with Gasteiger partial charge in [-0.25, -0.2) is 4.68 Å². The highest BCUT2D eigenvalue weighted by Crippen LogP contribution is 2.19. The van der Waals surface area contributed by atoms with E-state index in [0.29, 0.717) is 23.9 Å². The van der Waals surface area contributed by atoms with Crippen LogP contribution in [-0.4, -0.2) is 40.2 Å². The molecule has 0 atom stereocenters. The number of aromatic nitrogens is 3. The van der Waals surface area contributed by atoms with Gasteiger partial charge in [-0.3, -0.25) is 4.79 Å². The zero-order chi connectivity index (χ0) is 16.9. The number of nitrogens with one attached hydrogen (secondary N) is 1. The van der Waals surface area contributed by atoms with Crippen molar-refractivity contribution in [1.29, 1.82) is 0 Å². The van der Waals surface area contributed by atoms with Gasteiger partial charge in [0, 0.05) is 24.3 Å². The Bertz CT molecular complexity index is 710. The molecule has 1 fully saturated rings. The quantitative estimate of drug-likeness (QED) is 0.902. The van der Waals surface area contributed by atoms with Crippen molar-refractivity contribution in [1.82, 2.24) is 20.3 Å². The number of nitrogens with zero attached hydrogens (tertiary/aromatic N) is 3. The Kier molecular flexibility index (Phi) is 5.48. The van der Waals surface area contributed by atoms with Gasteiger partial charge in [0.1, 0.15) is 0 Å². The van der Waals surface area contributed by atoms with Crippen LogP contribution in [0.4, 0.5) is 0 Å². The molecule has 3 rings (SSSR count). The summed E-state index contributed by atoms with van der Waals surface area (Å²) in [7, 11) is 0. The van der Waals surface area contributed by atoms with Gasteiger partial charge < -0.3 is 10.1 Å². The maximum Gasteiger partial charge on any atom is 0.273 e. The molecule has 0 bridgehead atoms. The smallest absolute Gasteiger partial charge is 0.273 e. The van der Waals surface area contributed by atoms with Crippen molar-refractivity contribution in [2.45, 2.75) is 38.6 Å². The molecule has 1 aliphatic heterocycles. The summed E-state index contributed by atoms with van der Waals surface area (Å²) in [5.74, 6) is -0.168. The normalized spacial score (nSPS) is 15.4. The number of carbonyl (C=O) groups excluding carboxylic acids is 1. The van der Waals surface area contributed by atoms with Crippen molar-refractivity contribution in [3.8, 4) is 5.69 Å². The predicted octanol–water partition coefficient (Wildman–Crippen LogP) is 2.78. The first-order chi connectivity index (χ1) is 11.7. The zero-order valence-electron chi connectivity index (χ0n) is 13.7. The van der Waals surface area contributed by atoms with Gasteiger partial charge in [-0.15, -0.1) is 5.10 Å². The van der Waals surface area contributed by atoms with E-state index in [0.717, 1.165) is 37.1 Å². The van der Waals surface area contributed by atoms with E-state index in [4.69, 9.17) is 16.3 Å². The molecule has 1 aliphatic rings. The van der Waals surface area contributed by atoms with E-state index in [1.807, 2.05) is 18.2 Å². The lowest BCUT2D eigenvalue weighted by atomic mass is 10.1. The summed E-state index contributed by atoms with van der Waals surface area (Å²) in [5, 5.41) is 12.0. The van der Waals surface area contributed by atoms with Crippen molar-refractivity contribution >= 4 is 17.5 Å². The van der Waals surface area contributed by atoms with Crippen LogP contribution in [0.3, 0.4) is 0 Å². The minimum atomic E-state index is -0.168. The Morgan fingerprint density at radius 2 is 2.21 bits per heavy atom. The van der Waals surface area contributed by atoms with Crippen molar-refractivity contribution < 1.29 is 9.53 Å². The average Bonchev–Trinajstić information content (AvgIpc) is 3.00. The second-order valence-corrected chi connectivity index (χ2v) is 6.32. The summed E-state index contributed by atoms with van der Waals surface area (Å²) in [6.45, 7) is 3.43. The minimum absolute atomic E-state index is 0.136. The number of benzene rings is 1. The Morgan fingerprint density at radius 3 is 2.92 bits per heavy atom. The number of rotatable bonds is 5. The standard InChI is InChI=1S/C17H21ClN4O2/c1-2-4-15-16(17(23)19-13-7-9-24-10-8-13)20-21-22(15)14-6-3-5-12(18)11-14/h3,5-6,11,13H,2,4,7-10H2,1H3,(H,19,23). The second kappa shape index (κ2) is 7.77. The molecule has 0 saturated carbocycles. The molecule has 0 spiro atoms. The number of hydrogen-bond donors (Lipinski definition) is 1. The summed E-state index contributed by atoms with van der Waals surface area (Å²) in [4.78, 5) is 12.6. The third-order valence-corrected chi connectivity index (χ3v) is 4.31. The lowest BCUT2D eigenvalue weighted by Crippen LogP contribution is -2.39. The topological polar surface area (TPSA) is 69.0 Å². The first-order valence-electron chi connectivity index (χ1n) is 8.28. The van der Waals surface area contributed by atoms with Crippen molar-refractivity contribution in [3.05, 3.63) is 40.7 Å². The van der Waals surface area contributed by atoms with Crippen LogP contribution in [0.25, 0.3) is 5.69 Å². The molecular weight excluding hydrogens is 328 g/mol. The molecule has 1 saturated heterocycles. The van der Waals surface area contributed by atoms with E-state index in [2.05, 4.69) is 22.6 Å². The SMILES string of the molecule is CCCc1c(C(=O)NC2CCOCC2)nnn1-c1cccc(Cl)c1. The summed E-state index contributed by atoms with van der Waals surface area (Å²) in [5.41, 5.74) is 2.01. The fraction of sp³-hybridized carbons (Fsp3) is 0.471. The molecular formula is C17H21ClN4O2. The van der Waals surface area contributed by atoms with Gasteiger partial charge in [-0.1, -0.05) is 36.2 Å². The fourth-order valence-electron chi connectivity index (χ4n) is 2.85. The molecule has 1 aromatic heterocycles. The van der Waals surface area contributed by atoms with E-state index >= 15 is 0 Å². The number of amides is 1. The summed E-state index contributed by atoms with van der Waals surface area (Å²) in [6.07, 6.45) is 3.27. The van der Waals surface area contributed by atoms with E-state index in [-0.39, 0.29) is 11.9 Å². The third kappa shape index (κ3) is 3.76. The second-order valence-electron chi connectivity index (χ2n) is 5.89. The van der Waals surface area contributed by atoms with E-state index in [9.17, 15) is 4.79 Å². The Hall–Kier alpha value is -1.92. The maximum absolute atomic E-state index is 12.6. The van der Waals surface area contributed by atoms with Crippen LogP contribution < -0.4 is 5.32 Å². The van der Waals surface area contributed by atoms with E-state index in [1.54, 1.807) is 10.7 Å². The summed E-state index contributed by atoms with van der Waals surface area (Å²) < 4.78 is 7.03. The Labute approximate surface area is 146 Å². The van der Waals surface area contributed by atoms with Gasteiger partial charge in [0.05, 0.1) is 11.4 Å². The van der Waals surface area contributed by atoms with Crippen molar-refractivity contribution in [2.24, 2.45) is 0 Å². The lowest BCUT2D eigenvalue weighted by Gasteiger charge is -2.22. The zero-order valence-corrected chi connectivity index (χ0v) is 14.4. The average molecular weight is 349 g/mol. The highest BCUT2D eigenvalue weighted by molar-refractivity contribution is 6.30. The highest BCUT2D eigenvalue weighted by atomic mass is 35.5. The molecule has 0 radical (unpaired) electrons. The molecule has 1 amide bonds. The Morgan fingerprint density at radius 1 is 1.42 bits per heavy atom. The van der Waals surface area contributed by atoms with Crippen LogP contribution in [0.2, 0.25) is 5.02 Å². The number of hydrogen-bond acceptors (Lipinski definition) is 4. The molecule has 1 aromatic carbocycles. The van der Waals surface area contributed by atoms with Gasteiger partial charge in [-0.05, 0) is 37.5 Å². The van der Waals surface area contributed by atoms with Crippen molar-refractivity contribution in [2.75, 3.05) is 13.2 Å². The molecule has 128 valence electrons. The number of ether oxygens (including phenoxy) is 1. The molecule has 0 unspecified atom stereocenters. The monoisotopic (exact) mass is 348 g/mol. The number of halogens is 1. The van der Waals surface area contributed by atoms with Crippen LogP contribution in [0, 0.1) is 0 Å². The van der Waals surface area contributed by atoms with E-state index in [1.165, 1.54) is 0 Å². The predicted molar refractivity (Wildman–Crippen MR) is 91.7 cm³/mol. The van der Waals surface area contributed by atoms with Crippen LogP contribution in [-0.2, 0) is 11.2 Å². The first kappa shape index (κ1) is 16.9. The maximum atomic E-state index is 12.6. The van der Waals surface area contributed by atoms with E-state index < -0.39 is 0 Å². The molecule has 2 aromatic rings. The van der Waals surface area contributed by atoms with Gasteiger partial charge >= 0.3 is 0 Å². The highest BCUT2D eigenvalue weighted by Gasteiger charge is 2.23. The van der Waals surface area contributed by atoms with Crippen molar-refractivity contribution in [3.63, 3.8) is 0 Å². The molecule has 7 heteroatoms. The summed E-state index contributed by atoms with van der Waals surface area (Å²) in [6, 6.07) is 7.52. The van der Waals surface area contributed by atoms with Gasteiger partial charge in [0.15, 0.2) is 5.69 Å². The lowest BCUT2D eigenvalue weighted by molar-refractivity contribution is 0.0693. The molecule has 6 nitrogen and oxygen atoms in total. The summed E-state index contributed by atoms with van der Waals surface area (Å²) >= 11 is 6.07.